The van der Waals surface area contributed by atoms with Crippen molar-refractivity contribution >= 4 is 5.78 Å². The molecule has 0 aliphatic carbocycles. The number of hydrogen-bond donors (Lipinski definition) is 0. The fourth-order valence-electron chi connectivity index (χ4n) is 1.79. The summed E-state index contributed by atoms with van der Waals surface area (Å²) in [6.45, 7) is 3.94. The van der Waals surface area contributed by atoms with E-state index in [0.717, 1.165) is 17.0 Å². The maximum absolute atomic E-state index is 4.44. The van der Waals surface area contributed by atoms with Crippen LogP contribution in [0.1, 0.15) is 11.4 Å². The van der Waals surface area contributed by atoms with Crippen LogP contribution in [0.2, 0.25) is 0 Å². The third-order valence-electron chi connectivity index (χ3n) is 2.56. The minimum atomic E-state index is 0.634. The Morgan fingerprint density at radius 2 is 1.82 bits per heavy atom. The van der Waals surface area contributed by atoms with Crippen molar-refractivity contribution in [1.82, 2.24) is 24.6 Å². The van der Waals surface area contributed by atoms with E-state index in [0.29, 0.717) is 11.6 Å². The predicted octanol–water partition coefficient (Wildman–Crippen LogP) is 1.80. The largest absolute Gasteiger partial charge is 0.265 e. The zero-order valence-electron chi connectivity index (χ0n) is 9.62. The lowest BCUT2D eigenvalue weighted by Crippen LogP contribution is -1.97. The van der Waals surface area contributed by atoms with Gasteiger partial charge in [-0.05, 0) is 32.0 Å². The van der Waals surface area contributed by atoms with E-state index in [1.807, 2.05) is 32.0 Å². The van der Waals surface area contributed by atoms with Crippen molar-refractivity contribution in [1.29, 1.82) is 0 Å². The van der Waals surface area contributed by atoms with Crippen molar-refractivity contribution in [3.63, 3.8) is 0 Å². The lowest BCUT2D eigenvalue weighted by Gasteiger charge is -1.97. The molecule has 3 aromatic heterocycles. The fraction of sp³-hybridized carbons (Fsp3) is 0.167. The van der Waals surface area contributed by atoms with Gasteiger partial charge in [0.25, 0.3) is 5.78 Å². The monoisotopic (exact) mass is 225 g/mol. The molecule has 0 atom stereocenters. The van der Waals surface area contributed by atoms with Gasteiger partial charge in [-0.3, -0.25) is 4.98 Å². The van der Waals surface area contributed by atoms with E-state index in [1.165, 1.54) is 0 Å². The Labute approximate surface area is 98.2 Å². The van der Waals surface area contributed by atoms with Gasteiger partial charge >= 0.3 is 0 Å². The summed E-state index contributed by atoms with van der Waals surface area (Å²) in [5.74, 6) is 1.31. The Kier molecular flexibility index (Phi) is 2.11. The quantitative estimate of drug-likeness (QED) is 0.633. The number of pyridine rings is 1. The Bertz CT molecular complexity index is 672. The summed E-state index contributed by atoms with van der Waals surface area (Å²) in [5, 5.41) is 4.44. The minimum absolute atomic E-state index is 0.634. The summed E-state index contributed by atoms with van der Waals surface area (Å²) in [5.41, 5.74) is 2.92. The van der Waals surface area contributed by atoms with Crippen molar-refractivity contribution in [3.05, 3.63) is 42.0 Å². The Morgan fingerprint density at radius 3 is 2.59 bits per heavy atom. The lowest BCUT2D eigenvalue weighted by molar-refractivity contribution is 0.888. The van der Waals surface area contributed by atoms with Crippen LogP contribution >= 0.6 is 0 Å². The highest BCUT2D eigenvalue weighted by atomic mass is 15.3. The number of rotatable bonds is 1. The molecule has 3 rings (SSSR count). The van der Waals surface area contributed by atoms with E-state index in [1.54, 1.807) is 16.9 Å². The Hall–Kier alpha value is -2.30. The molecule has 0 aromatic carbocycles. The molecule has 0 fully saturated rings. The predicted molar refractivity (Wildman–Crippen MR) is 63.5 cm³/mol. The zero-order valence-corrected chi connectivity index (χ0v) is 9.62. The van der Waals surface area contributed by atoms with Gasteiger partial charge in [0.2, 0.25) is 0 Å². The summed E-state index contributed by atoms with van der Waals surface area (Å²) in [7, 11) is 0. The van der Waals surface area contributed by atoms with Gasteiger partial charge in [-0.1, -0.05) is 0 Å². The van der Waals surface area contributed by atoms with E-state index in [2.05, 4.69) is 20.1 Å². The van der Waals surface area contributed by atoms with Crippen LogP contribution in [-0.2, 0) is 0 Å². The smallest absolute Gasteiger partial charge is 0.253 e. The molecule has 0 aliphatic rings. The van der Waals surface area contributed by atoms with Gasteiger partial charge in [-0.15, -0.1) is 5.10 Å². The SMILES string of the molecule is Cc1cc(C)n2nc(-c3ccncc3)nc2n1. The maximum atomic E-state index is 4.44. The number of aromatic nitrogens is 5. The molecule has 0 amide bonds. The van der Waals surface area contributed by atoms with Crippen LogP contribution in [0.15, 0.2) is 30.6 Å². The second kappa shape index (κ2) is 3.62. The van der Waals surface area contributed by atoms with Gasteiger partial charge in [0, 0.05) is 29.3 Å². The fourth-order valence-corrected chi connectivity index (χ4v) is 1.79. The van der Waals surface area contributed by atoms with Crippen molar-refractivity contribution in [2.75, 3.05) is 0 Å². The number of hydrogen-bond acceptors (Lipinski definition) is 4. The lowest BCUT2D eigenvalue weighted by atomic mass is 10.3. The first-order valence-corrected chi connectivity index (χ1v) is 5.35. The van der Waals surface area contributed by atoms with E-state index in [9.17, 15) is 0 Å². The molecule has 84 valence electrons. The third kappa shape index (κ3) is 1.65. The molecular weight excluding hydrogens is 214 g/mol. The third-order valence-corrected chi connectivity index (χ3v) is 2.56. The average Bonchev–Trinajstić information content (AvgIpc) is 2.74. The van der Waals surface area contributed by atoms with Crippen LogP contribution in [0.25, 0.3) is 17.2 Å². The minimum Gasteiger partial charge on any atom is -0.265 e. The number of fused-ring (bicyclic) bond motifs is 1. The summed E-state index contributed by atoms with van der Waals surface area (Å²) in [4.78, 5) is 12.8. The summed E-state index contributed by atoms with van der Waals surface area (Å²) in [6.07, 6.45) is 3.46. The maximum Gasteiger partial charge on any atom is 0.253 e. The van der Waals surface area contributed by atoms with E-state index in [4.69, 9.17) is 0 Å². The molecule has 0 bridgehead atoms. The molecule has 17 heavy (non-hydrogen) atoms. The summed E-state index contributed by atoms with van der Waals surface area (Å²) in [6, 6.07) is 5.76. The molecule has 0 radical (unpaired) electrons. The van der Waals surface area contributed by atoms with Gasteiger partial charge in [0.1, 0.15) is 0 Å². The van der Waals surface area contributed by atoms with Crippen LogP contribution in [0.3, 0.4) is 0 Å². The van der Waals surface area contributed by atoms with Crippen LogP contribution in [-0.4, -0.2) is 24.6 Å². The van der Waals surface area contributed by atoms with Crippen molar-refractivity contribution in [3.8, 4) is 11.4 Å². The molecule has 0 saturated carbocycles. The molecule has 5 nitrogen and oxygen atoms in total. The first-order chi connectivity index (χ1) is 8.24. The van der Waals surface area contributed by atoms with Gasteiger partial charge < -0.3 is 0 Å². The molecular formula is C12H11N5. The van der Waals surface area contributed by atoms with E-state index < -0.39 is 0 Å². The Morgan fingerprint density at radius 1 is 1.06 bits per heavy atom. The highest BCUT2D eigenvalue weighted by molar-refractivity contribution is 5.56. The average molecular weight is 225 g/mol. The van der Waals surface area contributed by atoms with Crippen molar-refractivity contribution in [2.45, 2.75) is 13.8 Å². The first kappa shape index (κ1) is 9.89. The second-order valence-corrected chi connectivity index (χ2v) is 3.92. The van der Waals surface area contributed by atoms with Gasteiger partial charge in [0.15, 0.2) is 5.82 Å². The van der Waals surface area contributed by atoms with E-state index >= 15 is 0 Å². The zero-order chi connectivity index (χ0) is 11.8. The molecule has 0 saturated heterocycles. The molecule has 3 heterocycles. The Balaban J connectivity index is 2.24. The standard InChI is InChI=1S/C12H11N5/c1-8-7-9(2)17-12(14-8)15-11(16-17)10-3-5-13-6-4-10/h3-7H,1-2H3. The van der Waals surface area contributed by atoms with Crippen LogP contribution in [0, 0.1) is 13.8 Å². The highest BCUT2D eigenvalue weighted by Gasteiger charge is 2.08. The number of nitrogens with zero attached hydrogens (tertiary/aromatic N) is 5. The van der Waals surface area contributed by atoms with Crippen LogP contribution < -0.4 is 0 Å². The van der Waals surface area contributed by atoms with Gasteiger partial charge in [-0.2, -0.15) is 4.98 Å². The normalized spacial score (nSPS) is 10.9. The van der Waals surface area contributed by atoms with Crippen molar-refractivity contribution in [2.24, 2.45) is 0 Å². The molecule has 0 aliphatic heterocycles. The second-order valence-electron chi connectivity index (χ2n) is 3.92. The summed E-state index contributed by atoms with van der Waals surface area (Å²) < 4.78 is 1.75. The molecule has 0 N–H and O–H groups in total. The van der Waals surface area contributed by atoms with Gasteiger partial charge in [0.05, 0.1) is 0 Å². The van der Waals surface area contributed by atoms with Crippen LogP contribution in [0.5, 0.6) is 0 Å². The van der Waals surface area contributed by atoms with Crippen molar-refractivity contribution < 1.29 is 0 Å². The molecule has 0 spiro atoms. The topological polar surface area (TPSA) is 56.0 Å². The van der Waals surface area contributed by atoms with Crippen LogP contribution in [0.4, 0.5) is 0 Å². The summed E-state index contributed by atoms with van der Waals surface area (Å²) >= 11 is 0. The number of aryl methyl sites for hydroxylation is 2. The molecule has 0 unspecified atom stereocenters. The first-order valence-electron chi connectivity index (χ1n) is 5.35. The highest BCUT2D eigenvalue weighted by Crippen LogP contribution is 2.15. The molecule has 3 aromatic rings. The van der Waals surface area contributed by atoms with Gasteiger partial charge in [-0.25, -0.2) is 9.50 Å². The van der Waals surface area contributed by atoms with E-state index in [-0.39, 0.29) is 0 Å². The molecule has 5 heteroatoms.